The summed E-state index contributed by atoms with van der Waals surface area (Å²) in [4.78, 5) is 27.9. The van der Waals surface area contributed by atoms with E-state index in [2.05, 4.69) is 15.5 Å². The van der Waals surface area contributed by atoms with Crippen LogP contribution < -0.4 is 15.5 Å². The molecule has 0 spiro atoms. The number of amides is 2. The van der Waals surface area contributed by atoms with E-state index in [1.807, 2.05) is 18.2 Å². The Bertz CT molecular complexity index is 1150. The van der Waals surface area contributed by atoms with Gasteiger partial charge < -0.3 is 15.5 Å². The van der Waals surface area contributed by atoms with Crippen molar-refractivity contribution in [2.75, 3.05) is 41.7 Å². The summed E-state index contributed by atoms with van der Waals surface area (Å²) in [7, 11) is -3.68. The zero-order chi connectivity index (χ0) is 23.6. The maximum absolute atomic E-state index is 13.4. The minimum Gasteiger partial charge on any atom is -0.370 e. The number of benzene rings is 2. The molecule has 2 aromatic rings. The molecule has 176 valence electrons. The second kappa shape index (κ2) is 9.52. The van der Waals surface area contributed by atoms with E-state index < -0.39 is 15.9 Å². The van der Waals surface area contributed by atoms with Crippen LogP contribution in [0, 0.1) is 0 Å². The molecule has 0 saturated carbocycles. The Morgan fingerprint density at radius 3 is 2.52 bits per heavy atom. The van der Waals surface area contributed by atoms with E-state index in [9.17, 15) is 18.0 Å². The van der Waals surface area contributed by atoms with E-state index in [1.54, 1.807) is 38.1 Å². The minimum atomic E-state index is -3.68. The average molecular weight is 471 g/mol. The lowest BCUT2D eigenvalue weighted by atomic mass is 9.89. The molecule has 2 aliphatic rings. The number of rotatable bonds is 7. The summed E-state index contributed by atoms with van der Waals surface area (Å²) in [5.41, 5.74) is 2.64. The van der Waals surface area contributed by atoms with Crippen LogP contribution in [0.5, 0.6) is 0 Å². The predicted molar refractivity (Wildman–Crippen MR) is 129 cm³/mol. The van der Waals surface area contributed by atoms with Crippen molar-refractivity contribution >= 4 is 38.9 Å². The maximum Gasteiger partial charge on any atom is 0.243 e. The van der Waals surface area contributed by atoms with E-state index in [-0.39, 0.29) is 23.1 Å². The van der Waals surface area contributed by atoms with Gasteiger partial charge in [0.2, 0.25) is 21.8 Å². The van der Waals surface area contributed by atoms with Gasteiger partial charge in [-0.05, 0) is 42.7 Å². The molecule has 2 aliphatic heterocycles. The molecule has 9 heteroatoms. The number of carbonyl (C=O) groups excluding carboxylic acids is 2. The van der Waals surface area contributed by atoms with Gasteiger partial charge in [0.15, 0.2) is 0 Å². The Hall–Kier alpha value is -2.91. The molecule has 1 fully saturated rings. The Morgan fingerprint density at radius 1 is 1.12 bits per heavy atom. The maximum atomic E-state index is 13.4. The van der Waals surface area contributed by atoms with Crippen molar-refractivity contribution in [3.63, 3.8) is 0 Å². The van der Waals surface area contributed by atoms with Crippen LogP contribution >= 0.6 is 0 Å². The van der Waals surface area contributed by atoms with Gasteiger partial charge in [-0.25, -0.2) is 8.42 Å². The highest BCUT2D eigenvalue weighted by Gasteiger charge is 2.32. The first-order valence-corrected chi connectivity index (χ1v) is 12.9. The van der Waals surface area contributed by atoms with Gasteiger partial charge in [-0.3, -0.25) is 9.59 Å². The fraction of sp³-hybridized carbons (Fsp3) is 0.417. The standard InChI is InChI=1S/C24H30N4O4S/c1-3-28(4-2)33(31,32)17-11-12-22(27-13-7-8-14-27)21(15-17)26-24(30)19-16-23(29)25-20-10-6-5-9-18(19)20/h5-6,9-12,15,19H,3-4,7-8,13-14,16H2,1-2H3,(H,25,29)(H,26,30). The molecule has 0 aliphatic carbocycles. The Balaban J connectivity index is 1.71. The molecular weight excluding hydrogens is 440 g/mol. The average Bonchev–Trinajstić information content (AvgIpc) is 3.33. The summed E-state index contributed by atoms with van der Waals surface area (Å²) >= 11 is 0. The molecule has 2 heterocycles. The number of hydrogen-bond acceptors (Lipinski definition) is 5. The van der Waals surface area contributed by atoms with E-state index >= 15 is 0 Å². The number of fused-ring (bicyclic) bond motifs is 1. The third kappa shape index (κ3) is 4.60. The van der Waals surface area contributed by atoms with Crippen molar-refractivity contribution in [3.05, 3.63) is 48.0 Å². The van der Waals surface area contributed by atoms with Gasteiger partial charge in [0, 0.05) is 38.3 Å². The topological polar surface area (TPSA) is 98.8 Å². The number of nitrogens with one attached hydrogen (secondary N) is 2. The van der Waals surface area contributed by atoms with Gasteiger partial charge in [-0.1, -0.05) is 32.0 Å². The van der Waals surface area contributed by atoms with Crippen LogP contribution in [-0.4, -0.2) is 50.7 Å². The zero-order valence-electron chi connectivity index (χ0n) is 19.0. The number of nitrogens with zero attached hydrogens (tertiary/aromatic N) is 2. The molecule has 0 radical (unpaired) electrons. The van der Waals surface area contributed by atoms with Crippen LogP contribution in [0.15, 0.2) is 47.4 Å². The summed E-state index contributed by atoms with van der Waals surface area (Å²) in [5, 5.41) is 5.77. The van der Waals surface area contributed by atoms with E-state index in [4.69, 9.17) is 0 Å². The van der Waals surface area contributed by atoms with Gasteiger partial charge in [0.05, 0.1) is 22.2 Å². The smallest absolute Gasteiger partial charge is 0.243 e. The van der Waals surface area contributed by atoms with Gasteiger partial charge >= 0.3 is 0 Å². The molecule has 4 rings (SSSR count). The summed E-state index contributed by atoms with van der Waals surface area (Å²) in [6.45, 7) is 6.02. The van der Waals surface area contributed by atoms with Crippen LogP contribution in [-0.2, 0) is 19.6 Å². The lowest BCUT2D eigenvalue weighted by Gasteiger charge is -2.27. The number of carbonyl (C=O) groups is 2. The predicted octanol–water partition coefficient (Wildman–Crippen LogP) is 3.38. The van der Waals surface area contributed by atoms with Crippen LogP contribution in [0.1, 0.15) is 44.6 Å². The summed E-state index contributed by atoms with van der Waals surface area (Å²) < 4.78 is 27.6. The van der Waals surface area contributed by atoms with Crippen LogP contribution in [0.2, 0.25) is 0 Å². The fourth-order valence-corrected chi connectivity index (χ4v) is 6.07. The molecule has 1 unspecified atom stereocenters. The van der Waals surface area contributed by atoms with Crippen molar-refractivity contribution in [2.24, 2.45) is 0 Å². The molecule has 33 heavy (non-hydrogen) atoms. The second-order valence-corrected chi connectivity index (χ2v) is 10.3. The highest BCUT2D eigenvalue weighted by molar-refractivity contribution is 7.89. The van der Waals surface area contributed by atoms with Crippen molar-refractivity contribution in [2.45, 2.75) is 43.9 Å². The van der Waals surface area contributed by atoms with Gasteiger partial charge in [-0.15, -0.1) is 0 Å². The summed E-state index contributed by atoms with van der Waals surface area (Å²) in [5.74, 6) is -1.19. The summed E-state index contributed by atoms with van der Waals surface area (Å²) in [6.07, 6.45) is 2.13. The lowest BCUT2D eigenvalue weighted by molar-refractivity contribution is -0.123. The first-order chi connectivity index (χ1) is 15.8. The highest BCUT2D eigenvalue weighted by atomic mass is 32.2. The van der Waals surface area contributed by atoms with Crippen LogP contribution in [0.25, 0.3) is 0 Å². The quantitative estimate of drug-likeness (QED) is 0.646. The number of para-hydroxylation sites is 1. The first kappa shape index (κ1) is 23.3. The zero-order valence-corrected chi connectivity index (χ0v) is 19.8. The molecule has 1 saturated heterocycles. The largest absolute Gasteiger partial charge is 0.370 e. The van der Waals surface area contributed by atoms with Gasteiger partial charge in [-0.2, -0.15) is 4.31 Å². The number of sulfonamides is 1. The van der Waals surface area contributed by atoms with Crippen molar-refractivity contribution < 1.29 is 18.0 Å². The monoisotopic (exact) mass is 470 g/mol. The van der Waals surface area contributed by atoms with Crippen molar-refractivity contribution in [1.29, 1.82) is 0 Å². The normalized spacial score (nSPS) is 18.2. The Morgan fingerprint density at radius 2 is 1.82 bits per heavy atom. The number of anilines is 3. The second-order valence-electron chi connectivity index (χ2n) is 8.34. The Kier molecular flexibility index (Phi) is 6.71. The molecule has 2 amide bonds. The molecule has 0 bridgehead atoms. The van der Waals surface area contributed by atoms with Crippen LogP contribution in [0.4, 0.5) is 17.1 Å². The molecule has 2 N–H and O–H groups in total. The molecular formula is C24H30N4O4S. The third-order valence-corrected chi connectivity index (χ3v) is 8.38. The minimum absolute atomic E-state index is 0.0410. The lowest BCUT2D eigenvalue weighted by Crippen LogP contribution is -2.32. The van der Waals surface area contributed by atoms with Crippen LogP contribution in [0.3, 0.4) is 0 Å². The molecule has 1 atom stereocenters. The van der Waals surface area contributed by atoms with Gasteiger partial charge in [0.25, 0.3) is 0 Å². The first-order valence-electron chi connectivity index (χ1n) is 11.4. The third-order valence-electron chi connectivity index (χ3n) is 6.33. The highest BCUT2D eigenvalue weighted by Crippen LogP contribution is 2.36. The Labute approximate surface area is 195 Å². The van der Waals surface area contributed by atoms with Crippen molar-refractivity contribution in [1.82, 2.24) is 4.31 Å². The fourth-order valence-electron chi connectivity index (χ4n) is 4.59. The van der Waals surface area contributed by atoms with E-state index in [1.165, 1.54) is 4.31 Å². The molecule has 0 aromatic heterocycles. The van der Waals surface area contributed by atoms with E-state index in [0.717, 1.165) is 37.2 Å². The van der Waals surface area contributed by atoms with Gasteiger partial charge in [0.1, 0.15) is 0 Å². The summed E-state index contributed by atoms with van der Waals surface area (Å²) in [6, 6.07) is 12.2. The SMILES string of the molecule is CCN(CC)S(=O)(=O)c1ccc(N2CCCC2)c(NC(=O)C2CC(=O)Nc3ccccc32)c1. The van der Waals surface area contributed by atoms with Crippen molar-refractivity contribution in [3.8, 4) is 0 Å². The molecule has 2 aromatic carbocycles. The van der Waals surface area contributed by atoms with E-state index in [0.29, 0.717) is 24.5 Å². The number of hydrogen-bond donors (Lipinski definition) is 2. The molecule has 8 nitrogen and oxygen atoms in total.